The number of benzene rings is 1. The zero-order chi connectivity index (χ0) is 16.8. The van der Waals surface area contributed by atoms with Crippen molar-refractivity contribution in [1.82, 2.24) is 19.8 Å². The van der Waals surface area contributed by atoms with E-state index in [-0.39, 0.29) is 12.1 Å². The van der Waals surface area contributed by atoms with Crippen molar-refractivity contribution in [2.45, 2.75) is 19.1 Å². The van der Waals surface area contributed by atoms with Gasteiger partial charge in [0, 0.05) is 50.3 Å². The van der Waals surface area contributed by atoms with Crippen LogP contribution in [0.1, 0.15) is 18.5 Å². The fraction of sp³-hybridized carbons (Fsp3) is 0.500. The van der Waals surface area contributed by atoms with Crippen molar-refractivity contribution in [3.63, 3.8) is 0 Å². The summed E-state index contributed by atoms with van der Waals surface area (Å²) in [4.78, 5) is 6.31. The zero-order valence-corrected chi connectivity index (χ0v) is 14.1. The molecule has 2 heterocycles. The van der Waals surface area contributed by atoms with Crippen LogP contribution in [0.5, 0.6) is 0 Å². The molecule has 0 aliphatic carbocycles. The molecule has 6 heteroatoms. The number of aromatic nitrogens is 2. The van der Waals surface area contributed by atoms with Crippen molar-refractivity contribution in [2.75, 3.05) is 39.4 Å². The first-order valence-electron chi connectivity index (χ1n) is 8.52. The van der Waals surface area contributed by atoms with E-state index < -0.39 is 0 Å². The van der Waals surface area contributed by atoms with Gasteiger partial charge in [0.1, 0.15) is 0 Å². The minimum Gasteiger partial charge on any atom is -0.390 e. The molecule has 0 radical (unpaired) electrons. The van der Waals surface area contributed by atoms with E-state index in [1.165, 1.54) is 5.56 Å². The van der Waals surface area contributed by atoms with Gasteiger partial charge in [-0.05, 0) is 24.6 Å². The first-order chi connectivity index (χ1) is 11.7. The van der Waals surface area contributed by atoms with Crippen molar-refractivity contribution in [3.8, 4) is 5.69 Å². The highest BCUT2D eigenvalue weighted by molar-refractivity contribution is 5.35. The normalized spacial score (nSPS) is 18.4. The Morgan fingerprint density at radius 3 is 2.67 bits per heavy atom. The minimum absolute atomic E-state index is 0.196. The van der Waals surface area contributed by atoms with E-state index in [2.05, 4.69) is 46.4 Å². The number of nitrogens with zero attached hydrogens (tertiary/aromatic N) is 3. The number of ether oxygens (including phenoxy) is 1. The Balaban J connectivity index is 1.46. The zero-order valence-electron chi connectivity index (χ0n) is 14.1. The summed E-state index contributed by atoms with van der Waals surface area (Å²) in [6.07, 6.45) is 5.13. The fourth-order valence-corrected chi connectivity index (χ4v) is 2.92. The van der Waals surface area contributed by atoms with Crippen LogP contribution >= 0.6 is 0 Å². The van der Waals surface area contributed by atoms with E-state index in [9.17, 15) is 5.11 Å². The van der Waals surface area contributed by atoms with E-state index in [0.29, 0.717) is 13.1 Å². The lowest BCUT2D eigenvalue weighted by atomic mass is 10.1. The second kappa shape index (κ2) is 8.39. The highest BCUT2D eigenvalue weighted by Crippen LogP contribution is 2.15. The van der Waals surface area contributed by atoms with Crippen LogP contribution in [0.2, 0.25) is 0 Å². The summed E-state index contributed by atoms with van der Waals surface area (Å²) in [7, 11) is 0. The van der Waals surface area contributed by atoms with Crippen molar-refractivity contribution >= 4 is 0 Å². The van der Waals surface area contributed by atoms with E-state index in [1.54, 1.807) is 12.5 Å². The number of rotatable bonds is 7. The number of aliphatic hydroxyl groups is 1. The standard InChI is InChI=1S/C18H26N4O2/c1-15(20-12-18(23)13-21-8-10-24-11-9-21)16-2-4-17(5-3-16)22-7-6-19-14-22/h2-7,14-15,18,20,23H,8-13H2,1H3/t15-,18+/m0/s1. The molecule has 1 aliphatic heterocycles. The molecule has 2 atom stereocenters. The Morgan fingerprint density at radius 2 is 2.00 bits per heavy atom. The van der Waals surface area contributed by atoms with Gasteiger partial charge < -0.3 is 19.7 Å². The molecule has 1 saturated heterocycles. The molecular formula is C18H26N4O2. The maximum Gasteiger partial charge on any atom is 0.0991 e. The molecule has 130 valence electrons. The van der Waals surface area contributed by atoms with Gasteiger partial charge in [0.2, 0.25) is 0 Å². The van der Waals surface area contributed by atoms with Gasteiger partial charge in [-0.1, -0.05) is 12.1 Å². The van der Waals surface area contributed by atoms with Crippen molar-refractivity contribution in [2.24, 2.45) is 0 Å². The fourth-order valence-electron chi connectivity index (χ4n) is 2.92. The molecule has 3 rings (SSSR count). The lowest BCUT2D eigenvalue weighted by Crippen LogP contribution is -2.44. The number of aliphatic hydroxyl groups excluding tert-OH is 1. The molecule has 2 N–H and O–H groups in total. The molecule has 6 nitrogen and oxygen atoms in total. The molecule has 0 saturated carbocycles. The number of nitrogens with one attached hydrogen (secondary N) is 1. The minimum atomic E-state index is -0.365. The van der Waals surface area contributed by atoms with E-state index in [4.69, 9.17) is 4.74 Å². The Morgan fingerprint density at radius 1 is 1.25 bits per heavy atom. The topological polar surface area (TPSA) is 62.6 Å². The number of morpholine rings is 1. The van der Waals surface area contributed by atoms with E-state index >= 15 is 0 Å². The van der Waals surface area contributed by atoms with E-state index in [1.807, 2.05) is 10.8 Å². The van der Waals surface area contributed by atoms with Crippen LogP contribution in [0.25, 0.3) is 5.69 Å². The molecule has 0 spiro atoms. The first-order valence-corrected chi connectivity index (χ1v) is 8.52. The van der Waals surface area contributed by atoms with Gasteiger partial charge in [-0.15, -0.1) is 0 Å². The summed E-state index contributed by atoms with van der Waals surface area (Å²) >= 11 is 0. The average Bonchev–Trinajstić information content (AvgIpc) is 3.15. The molecule has 0 bridgehead atoms. The maximum absolute atomic E-state index is 10.2. The molecule has 1 aromatic heterocycles. The largest absolute Gasteiger partial charge is 0.390 e. The Bertz CT molecular complexity index is 594. The molecule has 0 amide bonds. The lowest BCUT2D eigenvalue weighted by molar-refractivity contribution is 0.0145. The van der Waals surface area contributed by atoms with E-state index in [0.717, 1.165) is 32.0 Å². The number of hydrogen-bond donors (Lipinski definition) is 2. The monoisotopic (exact) mass is 330 g/mol. The summed E-state index contributed by atoms with van der Waals surface area (Å²) in [6.45, 7) is 6.74. The summed E-state index contributed by atoms with van der Waals surface area (Å²) < 4.78 is 7.31. The van der Waals surface area contributed by atoms with Gasteiger partial charge in [0.25, 0.3) is 0 Å². The SMILES string of the molecule is C[C@H](NC[C@@H](O)CN1CCOCC1)c1ccc(-n2ccnc2)cc1. The van der Waals surface area contributed by atoms with Crippen molar-refractivity contribution in [1.29, 1.82) is 0 Å². The van der Waals surface area contributed by atoms with Crippen molar-refractivity contribution in [3.05, 3.63) is 48.5 Å². The molecule has 1 fully saturated rings. The Kier molecular flexibility index (Phi) is 5.98. The average molecular weight is 330 g/mol. The summed E-state index contributed by atoms with van der Waals surface area (Å²) in [5.74, 6) is 0. The summed E-state index contributed by atoms with van der Waals surface area (Å²) in [5, 5.41) is 13.6. The van der Waals surface area contributed by atoms with Gasteiger partial charge >= 0.3 is 0 Å². The second-order valence-electron chi connectivity index (χ2n) is 6.26. The molecular weight excluding hydrogens is 304 g/mol. The van der Waals surface area contributed by atoms with Gasteiger partial charge in [-0.25, -0.2) is 4.98 Å². The molecule has 1 aliphatic rings. The number of hydrogen-bond acceptors (Lipinski definition) is 5. The number of imidazole rings is 1. The molecule has 2 aromatic rings. The summed E-state index contributed by atoms with van der Waals surface area (Å²) in [6, 6.07) is 8.59. The van der Waals surface area contributed by atoms with Crippen LogP contribution < -0.4 is 5.32 Å². The van der Waals surface area contributed by atoms with Crippen LogP contribution in [0, 0.1) is 0 Å². The summed E-state index contributed by atoms with van der Waals surface area (Å²) in [5.41, 5.74) is 2.30. The molecule has 0 unspecified atom stereocenters. The number of β-amino-alcohol motifs (C(OH)–C–C–N with tert-alkyl or cyclic N) is 1. The van der Waals surface area contributed by atoms with Gasteiger partial charge in [0.05, 0.1) is 25.6 Å². The highest BCUT2D eigenvalue weighted by atomic mass is 16.5. The first kappa shape index (κ1) is 17.1. The van der Waals surface area contributed by atoms with Gasteiger partial charge in [-0.3, -0.25) is 4.90 Å². The van der Waals surface area contributed by atoms with Gasteiger partial charge in [-0.2, -0.15) is 0 Å². The predicted molar refractivity (Wildman–Crippen MR) is 93.2 cm³/mol. The van der Waals surface area contributed by atoms with Crippen LogP contribution in [-0.4, -0.2) is 65.1 Å². The quantitative estimate of drug-likeness (QED) is 0.799. The Hall–Kier alpha value is -1.73. The molecule has 24 heavy (non-hydrogen) atoms. The molecule has 1 aromatic carbocycles. The lowest BCUT2D eigenvalue weighted by Gasteiger charge is -2.29. The van der Waals surface area contributed by atoms with Crippen LogP contribution in [0.15, 0.2) is 43.0 Å². The maximum atomic E-state index is 10.2. The van der Waals surface area contributed by atoms with Crippen LogP contribution in [-0.2, 0) is 4.74 Å². The third kappa shape index (κ3) is 4.64. The van der Waals surface area contributed by atoms with Gasteiger partial charge in [0.15, 0.2) is 0 Å². The second-order valence-corrected chi connectivity index (χ2v) is 6.26. The van der Waals surface area contributed by atoms with Crippen LogP contribution in [0.4, 0.5) is 0 Å². The third-order valence-corrected chi connectivity index (χ3v) is 4.43. The Labute approximate surface area is 143 Å². The van der Waals surface area contributed by atoms with Crippen LogP contribution in [0.3, 0.4) is 0 Å². The highest BCUT2D eigenvalue weighted by Gasteiger charge is 2.15. The third-order valence-electron chi connectivity index (χ3n) is 4.43. The smallest absolute Gasteiger partial charge is 0.0991 e. The van der Waals surface area contributed by atoms with Crippen molar-refractivity contribution < 1.29 is 9.84 Å². The predicted octanol–water partition coefficient (Wildman–Crippen LogP) is 1.22.